The van der Waals surface area contributed by atoms with Crippen molar-refractivity contribution in [3.8, 4) is 11.8 Å². The molecule has 1 N–H and O–H groups in total. The number of rotatable bonds is 2. The Hall–Kier alpha value is -2.02. The van der Waals surface area contributed by atoms with Gasteiger partial charge in [-0.15, -0.1) is 0 Å². The molecule has 0 bridgehead atoms. The zero-order valence-electron chi connectivity index (χ0n) is 7.87. The van der Waals surface area contributed by atoms with Crippen LogP contribution in [0.15, 0.2) is 12.1 Å². The number of nitriles is 1. The molecule has 1 rings (SSSR count). The molecule has 0 radical (unpaired) electrons. The molecule has 4 nitrogen and oxygen atoms in total. The molecule has 0 spiro atoms. The third-order valence-corrected chi connectivity index (χ3v) is 1.88. The van der Waals surface area contributed by atoms with Crippen molar-refractivity contribution in [2.75, 3.05) is 7.11 Å². The van der Waals surface area contributed by atoms with Crippen molar-refractivity contribution in [2.24, 2.45) is 0 Å². The van der Waals surface area contributed by atoms with Gasteiger partial charge in [-0.05, 0) is 24.6 Å². The van der Waals surface area contributed by atoms with Gasteiger partial charge >= 0.3 is 5.97 Å². The van der Waals surface area contributed by atoms with Gasteiger partial charge in [0.05, 0.1) is 18.2 Å². The first kappa shape index (κ1) is 10.1. The van der Waals surface area contributed by atoms with E-state index in [4.69, 9.17) is 15.1 Å². The summed E-state index contributed by atoms with van der Waals surface area (Å²) in [5.74, 6) is -0.606. The monoisotopic (exact) mass is 191 g/mol. The van der Waals surface area contributed by atoms with Crippen LogP contribution in [0.25, 0.3) is 0 Å². The minimum atomic E-state index is -1.10. The van der Waals surface area contributed by atoms with Gasteiger partial charge < -0.3 is 9.84 Å². The summed E-state index contributed by atoms with van der Waals surface area (Å²) in [6.45, 7) is 1.63. The van der Waals surface area contributed by atoms with Crippen LogP contribution in [0.2, 0.25) is 0 Å². The lowest BCUT2D eigenvalue weighted by Crippen LogP contribution is -2.03. The highest BCUT2D eigenvalue weighted by Crippen LogP contribution is 2.21. The fourth-order valence-electron chi connectivity index (χ4n) is 1.24. The fourth-order valence-corrected chi connectivity index (χ4v) is 1.24. The van der Waals surface area contributed by atoms with Crippen LogP contribution >= 0.6 is 0 Å². The second-order valence-corrected chi connectivity index (χ2v) is 2.78. The van der Waals surface area contributed by atoms with Gasteiger partial charge in [-0.3, -0.25) is 0 Å². The molecular formula is C10H9NO3. The van der Waals surface area contributed by atoms with E-state index in [1.54, 1.807) is 13.0 Å². The topological polar surface area (TPSA) is 70.3 Å². The van der Waals surface area contributed by atoms with E-state index < -0.39 is 5.97 Å². The molecule has 0 aromatic heterocycles. The zero-order chi connectivity index (χ0) is 10.7. The van der Waals surface area contributed by atoms with E-state index in [2.05, 4.69) is 0 Å². The molecule has 0 aliphatic rings. The molecule has 14 heavy (non-hydrogen) atoms. The predicted octanol–water partition coefficient (Wildman–Crippen LogP) is 1.57. The van der Waals surface area contributed by atoms with E-state index in [0.29, 0.717) is 11.3 Å². The van der Waals surface area contributed by atoms with Crippen molar-refractivity contribution in [2.45, 2.75) is 6.92 Å². The summed E-state index contributed by atoms with van der Waals surface area (Å²) in [5.41, 5.74) is 0.677. The molecule has 4 heteroatoms. The van der Waals surface area contributed by atoms with Crippen molar-refractivity contribution < 1.29 is 14.6 Å². The maximum Gasteiger partial charge on any atom is 0.337 e. The van der Waals surface area contributed by atoms with Crippen molar-refractivity contribution >= 4 is 5.97 Å². The Morgan fingerprint density at radius 1 is 1.57 bits per heavy atom. The number of aryl methyl sites for hydroxylation is 1. The van der Waals surface area contributed by atoms with Gasteiger partial charge in [-0.1, -0.05) is 0 Å². The number of nitrogens with zero attached hydrogens (tertiary/aromatic N) is 1. The number of ether oxygens (including phenoxy) is 1. The number of aromatic carboxylic acids is 1. The molecule has 0 amide bonds. The minimum Gasteiger partial charge on any atom is -0.497 e. The molecule has 0 aliphatic heterocycles. The highest BCUT2D eigenvalue weighted by atomic mass is 16.5. The fraction of sp³-hybridized carbons (Fsp3) is 0.200. The van der Waals surface area contributed by atoms with Crippen LogP contribution in [0.1, 0.15) is 21.5 Å². The normalized spacial score (nSPS) is 9.21. The van der Waals surface area contributed by atoms with E-state index >= 15 is 0 Å². The van der Waals surface area contributed by atoms with Crippen LogP contribution in [-0.2, 0) is 0 Å². The lowest BCUT2D eigenvalue weighted by molar-refractivity contribution is 0.0696. The van der Waals surface area contributed by atoms with Gasteiger partial charge in [0.2, 0.25) is 0 Å². The van der Waals surface area contributed by atoms with E-state index in [-0.39, 0.29) is 11.1 Å². The van der Waals surface area contributed by atoms with E-state index in [0.717, 1.165) is 0 Å². The Morgan fingerprint density at radius 3 is 2.64 bits per heavy atom. The molecule has 0 aliphatic carbocycles. The van der Waals surface area contributed by atoms with Crippen LogP contribution in [0.3, 0.4) is 0 Å². The molecule has 0 heterocycles. The predicted molar refractivity (Wildman–Crippen MR) is 49.4 cm³/mol. The molecular weight excluding hydrogens is 182 g/mol. The summed E-state index contributed by atoms with van der Waals surface area (Å²) in [6.07, 6.45) is 0. The van der Waals surface area contributed by atoms with Crippen LogP contribution < -0.4 is 4.74 Å². The van der Waals surface area contributed by atoms with Crippen molar-refractivity contribution in [1.82, 2.24) is 0 Å². The number of carboxylic acids is 1. The number of methoxy groups -OCH3 is 1. The number of carbonyl (C=O) groups is 1. The largest absolute Gasteiger partial charge is 0.497 e. The lowest BCUT2D eigenvalue weighted by Gasteiger charge is -2.06. The summed E-state index contributed by atoms with van der Waals surface area (Å²) >= 11 is 0. The van der Waals surface area contributed by atoms with Crippen molar-refractivity contribution in [1.29, 1.82) is 5.26 Å². The summed E-state index contributed by atoms with van der Waals surface area (Å²) < 4.78 is 4.93. The Balaban J connectivity index is 3.44. The molecule has 0 unspecified atom stereocenters. The van der Waals surface area contributed by atoms with Crippen LogP contribution in [0.4, 0.5) is 0 Å². The van der Waals surface area contributed by atoms with Gasteiger partial charge in [0, 0.05) is 0 Å². The number of carboxylic acid groups (broad SMARTS) is 1. The molecule has 1 aromatic rings. The van der Waals surface area contributed by atoms with Gasteiger partial charge in [-0.2, -0.15) is 5.26 Å². The first-order valence-electron chi connectivity index (χ1n) is 3.92. The van der Waals surface area contributed by atoms with Gasteiger partial charge in [-0.25, -0.2) is 4.79 Å². The highest BCUT2D eigenvalue weighted by molar-refractivity contribution is 5.92. The summed E-state index contributed by atoms with van der Waals surface area (Å²) in [5, 5.41) is 17.6. The molecule has 1 aromatic carbocycles. The first-order chi connectivity index (χ1) is 6.60. The average Bonchev–Trinajstić information content (AvgIpc) is 2.15. The smallest absolute Gasteiger partial charge is 0.337 e. The third kappa shape index (κ3) is 1.67. The lowest BCUT2D eigenvalue weighted by atomic mass is 10.0. The summed E-state index contributed by atoms with van der Waals surface area (Å²) in [6, 6.07) is 4.83. The Bertz CT molecular complexity index is 418. The highest BCUT2D eigenvalue weighted by Gasteiger charge is 2.14. The van der Waals surface area contributed by atoms with E-state index in [9.17, 15) is 4.79 Å². The van der Waals surface area contributed by atoms with E-state index in [1.807, 2.05) is 6.07 Å². The second kappa shape index (κ2) is 3.79. The average molecular weight is 191 g/mol. The summed E-state index contributed by atoms with van der Waals surface area (Å²) in [4.78, 5) is 10.8. The standard InChI is InChI=1S/C10H9NO3/c1-6-3-8(14-2)4-7(5-11)9(6)10(12)13/h3-4H,1-2H3,(H,12,13). The van der Waals surface area contributed by atoms with Crippen LogP contribution in [-0.4, -0.2) is 18.2 Å². The summed E-state index contributed by atoms with van der Waals surface area (Å²) in [7, 11) is 1.47. The first-order valence-corrected chi connectivity index (χ1v) is 3.92. The minimum absolute atomic E-state index is 0.0355. The van der Waals surface area contributed by atoms with Crippen molar-refractivity contribution in [3.63, 3.8) is 0 Å². The molecule has 72 valence electrons. The van der Waals surface area contributed by atoms with Gasteiger partial charge in [0.15, 0.2) is 0 Å². The third-order valence-electron chi connectivity index (χ3n) is 1.88. The maximum absolute atomic E-state index is 10.8. The van der Waals surface area contributed by atoms with Gasteiger partial charge in [0.1, 0.15) is 11.8 Å². The van der Waals surface area contributed by atoms with Crippen LogP contribution in [0.5, 0.6) is 5.75 Å². The Labute approximate surface area is 81.4 Å². The molecule has 0 fully saturated rings. The van der Waals surface area contributed by atoms with E-state index in [1.165, 1.54) is 13.2 Å². The number of benzene rings is 1. The maximum atomic E-state index is 10.8. The number of hydrogen-bond acceptors (Lipinski definition) is 3. The molecule has 0 saturated carbocycles. The zero-order valence-corrected chi connectivity index (χ0v) is 7.87. The molecule has 0 saturated heterocycles. The Kier molecular flexibility index (Phi) is 2.73. The van der Waals surface area contributed by atoms with Gasteiger partial charge in [0.25, 0.3) is 0 Å². The number of hydrogen-bond donors (Lipinski definition) is 1. The van der Waals surface area contributed by atoms with Crippen LogP contribution in [0, 0.1) is 18.3 Å². The van der Waals surface area contributed by atoms with Crippen molar-refractivity contribution in [3.05, 3.63) is 28.8 Å². The Morgan fingerprint density at radius 2 is 2.21 bits per heavy atom. The second-order valence-electron chi connectivity index (χ2n) is 2.78. The molecule has 0 atom stereocenters. The quantitative estimate of drug-likeness (QED) is 0.770. The SMILES string of the molecule is COc1cc(C)c(C(=O)O)c(C#N)c1.